The maximum absolute atomic E-state index is 13.7. The van der Waals surface area contributed by atoms with E-state index in [4.69, 9.17) is 4.99 Å². The molecule has 214 valence electrons. The Hall–Kier alpha value is -2.69. The summed E-state index contributed by atoms with van der Waals surface area (Å²) in [6.07, 6.45) is -1.28. The van der Waals surface area contributed by atoms with Crippen LogP contribution < -0.4 is 40.0 Å². The Kier molecular flexibility index (Phi) is 10.8. The molecule has 1 aliphatic carbocycles. The third kappa shape index (κ3) is 7.78. The molecule has 0 radical (unpaired) electrons. The average molecular weight is 580 g/mol. The fraction of sp³-hybridized carbons (Fsp3) is 0.467. The van der Waals surface area contributed by atoms with E-state index in [1.807, 2.05) is 0 Å². The van der Waals surface area contributed by atoms with E-state index >= 15 is 0 Å². The fourth-order valence-corrected chi connectivity index (χ4v) is 5.57. The molecule has 4 rings (SSSR count). The Balaban J connectivity index is 0.00000462. The second-order valence-corrected chi connectivity index (χ2v) is 10.9. The van der Waals surface area contributed by atoms with Crippen molar-refractivity contribution >= 4 is 23.5 Å². The van der Waals surface area contributed by atoms with E-state index in [0.717, 1.165) is 30.5 Å². The largest absolute Gasteiger partial charge is 1.00 e. The Bertz CT molecular complexity index is 1290. The maximum atomic E-state index is 13.7. The quantitative estimate of drug-likeness (QED) is 0.448. The molecule has 2 aromatic rings. The number of carboxylic acids is 1. The Morgan fingerprint density at radius 3 is 2.37 bits per heavy atom. The molecule has 1 N–H and O–H groups in total. The predicted molar refractivity (Wildman–Crippen MR) is 141 cm³/mol. The van der Waals surface area contributed by atoms with Crippen molar-refractivity contribution in [1.82, 2.24) is 10.2 Å². The number of carboxylic acid groups (broad SMARTS) is 1. The predicted octanol–water partition coefficient (Wildman–Crippen LogP) is 0.996. The number of amides is 2. The molecule has 2 aliphatic rings. The number of carbonyl (C=O) groups is 3. The van der Waals surface area contributed by atoms with Gasteiger partial charge in [-0.25, -0.2) is 0 Å². The van der Waals surface area contributed by atoms with Crippen LogP contribution in [0.4, 0.5) is 13.2 Å². The summed E-state index contributed by atoms with van der Waals surface area (Å²) in [7, 11) is 0. The van der Waals surface area contributed by atoms with E-state index in [0.29, 0.717) is 43.2 Å². The van der Waals surface area contributed by atoms with Crippen molar-refractivity contribution in [3.63, 3.8) is 0 Å². The van der Waals surface area contributed by atoms with Gasteiger partial charge in [0, 0.05) is 36.6 Å². The molecular weight excluding hydrogens is 546 g/mol. The number of alkyl halides is 3. The van der Waals surface area contributed by atoms with Crippen LogP contribution in [0.1, 0.15) is 73.0 Å². The summed E-state index contributed by atoms with van der Waals surface area (Å²) >= 11 is 0. The first-order chi connectivity index (χ1) is 18.9. The van der Waals surface area contributed by atoms with Crippen LogP contribution in [-0.2, 0) is 22.2 Å². The first-order valence-corrected chi connectivity index (χ1v) is 13.6. The molecule has 0 aromatic heterocycles. The molecule has 0 atom stereocenters. The van der Waals surface area contributed by atoms with Crippen molar-refractivity contribution < 1.29 is 62.2 Å². The number of hydrogen-bond donors (Lipinski definition) is 1. The van der Waals surface area contributed by atoms with Crippen molar-refractivity contribution in [2.75, 3.05) is 13.1 Å². The number of aliphatic imine (C=N–C) groups is 1. The Labute approximate surface area is 259 Å². The number of nitrogens with one attached hydrogen (secondary N) is 1. The van der Waals surface area contributed by atoms with Crippen LogP contribution in [0.5, 0.6) is 0 Å². The van der Waals surface area contributed by atoms with Gasteiger partial charge in [-0.1, -0.05) is 38.1 Å². The molecule has 41 heavy (non-hydrogen) atoms. The molecule has 11 heteroatoms. The minimum absolute atomic E-state index is 0. The normalized spacial score (nSPS) is 20.6. The summed E-state index contributed by atoms with van der Waals surface area (Å²) in [5.74, 6) is -1.02. The maximum Gasteiger partial charge on any atom is 1.00 e. The summed E-state index contributed by atoms with van der Waals surface area (Å²) in [5, 5.41) is 13.1. The van der Waals surface area contributed by atoms with Gasteiger partial charge >= 0.3 is 35.7 Å². The molecular formula is C30H33F3N3NaO4. The van der Waals surface area contributed by atoms with E-state index in [2.05, 4.69) is 19.2 Å². The van der Waals surface area contributed by atoms with Gasteiger partial charge in [-0.05, 0) is 73.8 Å². The molecule has 2 aromatic carbocycles. The zero-order valence-corrected chi connectivity index (χ0v) is 25.6. The minimum atomic E-state index is -4.53. The van der Waals surface area contributed by atoms with Crippen LogP contribution in [0.3, 0.4) is 0 Å². The Morgan fingerprint density at radius 1 is 1.12 bits per heavy atom. The zero-order valence-electron chi connectivity index (χ0n) is 23.6. The molecule has 7 nitrogen and oxygen atoms in total. The SMILES string of the molecule is CC(C)C1CCC2(CC1)N=C(c1cccc(C(F)(F)F)c1)C(=O)N2CCc1ccc(C(=O)NCCC(=O)[O-])cc1.[Na+]. The van der Waals surface area contributed by atoms with Crippen molar-refractivity contribution in [3.8, 4) is 0 Å². The number of aliphatic carboxylic acids is 1. The third-order valence-electron chi connectivity index (χ3n) is 7.96. The molecule has 0 bridgehead atoms. The van der Waals surface area contributed by atoms with E-state index < -0.39 is 29.3 Å². The van der Waals surface area contributed by atoms with Crippen molar-refractivity contribution in [2.45, 2.75) is 64.2 Å². The van der Waals surface area contributed by atoms with Gasteiger partial charge in [0.2, 0.25) is 0 Å². The number of rotatable bonds is 9. The molecule has 1 fully saturated rings. The van der Waals surface area contributed by atoms with Gasteiger partial charge in [-0.2, -0.15) is 13.2 Å². The molecule has 2 amide bonds. The molecule has 1 heterocycles. The van der Waals surface area contributed by atoms with E-state index in [9.17, 15) is 32.7 Å². The van der Waals surface area contributed by atoms with Gasteiger partial charge in [0.05, 0.1) is 5.56 Å². The zero-order chi connectivity index (χ0) is 29.1. The van der Waals surface area contributed by atoms with E-state index in [1.54, 1.807) is 29.2 Å². The van der Waals surface area contributed by atoms with Crippen molar-refractivity contribution in [1.29, 1.82) is 0 Å². The number of hydrogen-bond acceptors (Lipinski definition) is 5. The standard InChI is InChI=1S/C30H34F3N3O4.Na/c1-19(2)21-10-14-29(15-11-21)35-26(23-4-3-5-24(18-23)30(31,32)33)28(40)36(29)17-13-20-6-8-22(9-7-20)27(39)34-16-12-25(37)38;/h3-9,18-19,21H,10-17H2,1-2H3,(H,34,39)(H,37,38);/q;+1/p-1. The smallest absolute Gasteiger partial charge is 0.550 e. The van der Waals surface area contributed by atoms with Gasteiger partial charge in [0.25, 0.3) is 11.8 Å². The average Bonchev–Trinajstić information content (AvgIpc) is 3.17. The van der Waals surface area contributed by atoms with Crippen LogP contribution in [-0.4, -0.2) is 47.1 Å². The van der Waals surface area contributed by atoms with Crippen LogP contribution in [0.25, 0.3) is 0 Å². The third-order valence-corrected chi connectivity index (χ3v) is 7.96. The molecule has 1 aliphatic heterocycles. The second kappa shape index (κ2) is 13.5. The summed E-state index contributed by atoms with van der Waals surface area (Å²) in [6.45, 7) is 4.64. The molecule has 0 unspecified atom stereocenters. The second-order valence-electron chi connectivity index (χ2n) is 10.9. The number of benzene rings is 2. The topological polar surface area (TPSA) is 102 Å². The first-order valence-electron chi connectivity index (χ1n) is 13.6. The summed E-state index contributed by atoms with van der Waals surface area (Å²) < 4.78 is 40.2. The van der Waals surface area contributed by atoms with Crippen LogP contribution in [0.15, 0.2) is 53.5 Å². The molecule has 0 saturated heterocycles. The van der Waals surface area contributed by atoms with Crippen molar-refractivity contribution in [3.05, 3.63) is 70.8 Å². The number of carbonyl (C=O) groups excluding carboxylic acids is 3. The monoisotopic (exact) mass is 579 g/mol. The van der Waals surface area contributed by atoms with Gasteiger partial charge in [-0.3, -0.25) is 14.6 Å². The van der Waals surface area contributed by atoms with Crippen LogP contribution >= 0.6 is 0 Å². The van der Waals surface area contributed by atoms with Crippen molar-refractivity contribution in [2.24, 2.45) is 16.8 Å². The fourth-order valence-electron chi connectivity index (χ4n) is 5.57. The first kappa shape index (κ1) is 32.8. The molecule has 1 spiro atoms. The summed E-state index contributed by atoms with van der Waals surface area (Å²) in [6, 6.07) is 11.6. The van der Waals surface area contributed by atoms with E-state index in [1.165, 1.54) is 12.1 Å². The minimum Gasteiger partial charge on any atom is -0.550 e. The van der Waals surface area contributed by atoms with Crippen LogP contribution in [0, 0.1) is 11.8 Å². The number of halogens is 3. The van der Waals surface area contributed by atoms with E-state index in [-0.39, 0.29) is 59.7 Å². The summed E-state index contributed by atoms with van der Waals surface area (Å²) in [4.78, 5) is 43.0. The molecule has 1 saturated carbocycles. The van der Waals surface area contributed by atoms with Gasteiger partial charge in [0.1, 0.15) is 11.4 Å². The summed E-state index contributed by atoms with van der Waals surface area (Å²) in [5.41, 5.74) is -0.125. The van der Waals surface area contributed by atoms with Gasteiger partial charge in [-0.15, -0.1) is 0 Å². The van der Waals surface area contributed by atoms with Gasteiger partial charge in [0.15, 0.2) is 0 Å². The number of nitrogens with zero attached hydrogens (tertiary/aromatic N) is 2. The van der Waals surface area contributed by atoms with Gasteiger partial charge < -0.3 is 20.1 Å². The Morgan fingerprint density at radius 2 is 1.78 bits per heavy atom. The van der Waals surface area contributed by atoms with Crippen LogP contribution in [0.2, 0.25) is 0 Å².